The van der Waals surface area contributed by atoms with Gasteiger partial charge in [0.25, 0.3) is 0 Å². The molecule has 9 heteroatoms. The van der Waals surface area contributed by atoms with Gasteiger partial charge in [-0.05, 0) is 19.3 Å². The predicted octanol–water partition coefficient (Wildman–Crippen LogP) is 0.403. The number of anilines is 1. The maximum Gasteiger partial charge on any atom is 0.321 e. The first-order chi connectivity index (χ1) is 8.44. The number of nitrogens with one attached hydrogen (secondary N) is 2. The summed E-state index contributed by atoms with van der Waals surface area (Å²) in [5.41, 5.74) is 0. The van der Waals surface area contributed by atoms with Crippen LogP contribution in [-0.4, -0.2) is 42.7 Å². The number of aromatic nitrogens is 2. The maximum atomic E-state index is 11.5. The van der Waals surface area contributed by atoms with E-state index in [2.05, 4.69) is 20.8 Å². The minimum Gasteiger partial charge on any atom is -0.337 e. The number of hydrogen-bond acceptors (Lipinski definition) is 6. The smallest absolute Gasteiger partial charge is 0.321 e. The van der Waals surface area contributed by atoms with Crippen LogP contribution in [0, 0.1) is 12.8 Å². The van der Waals surface area contributed by atoms with Crippen molar-refractivity contribution in [2.75, 3.05) is 23.4 Å². The normalized spacial score (nSPS) is 21.7. The van der Waals surface area contributed by atoms with Crippen LogP contribution < -0.4 is 10.6 Å². The van der Waals surface area contributed by atoms with E-state index in [-0.39, 0.29) is 23.5 Å². The second kappa shape index (κ2) is 5.19. The summed E-state index contributed by atoms with van der Waals surface area (Å²) in [6.07, 6.45) is 0.612. The minimum absolute atomic E-state index is 0.0110. The molecule has 100 valence electrons. The lowest BCUT2D eigenvalue weighted by molar-refractivity contribution is 0.250. The molecule has 2 heterocycles. The first-order valence-electron chi connectivity index (χ1n) is 5.50. The molecule has 1 atom stereocenters. The van der Waals surface area contributed by atoms with Crippen LogP contribution in [0.1, 0.15) is 11.4 Å². The second-order valence-corrected chi connectivity index (χ2v) is 7.64. The minimum atomic E-state index is -2.89. The van der Waals surface area contributed by atoms with E-state index in [4.69, 9.17) is 0 Å². The molecular weight excluding hydrogens is 276 g/mol. The van der Waals surface area contributed by atoms with Gasteiger partial charge in [-0.25, -0.2) is 13.2 Å². The van der Waals surface area contributed by atoms with Gasteiger partial charge in [-0.1, -0.05) is 11.3 Å². The van der Waals surface area contributed by atoms with E-state index in [1.807, 2.05) is 0 Å². The zero-order valence-corrected chi connectivity index (χ0v) is 11.5. The van der Waals surface area contributed by atoms with Gasteiger partial charge in [-0.15, -0.1) is 10.2 Å². The molecule has 1 aromatic rings. The van der Waals surface area contributed by atoms with Gasteiger partial charge in [-0.2, -0.15) is 0 Å². The third-order valence-electron chi connectivity index (χ3n) is 2.62. The third-order valence-corrected chi connectivity index (χ3v) is 5.22. The van der Waals surface area contributed by atoms with E-state index in [1.54, 1.807) is 6.92 Å². The molecule has 0 radical (unpaired) electrons. The van der Waals surface area contributed by atoms with Crippen molar-refractivity contribution in [3.8, 4) is 0 Å². The summed E-state index contributed by atoms with van der Waals surface area (Å²) < 4.78 is 22.5. The number of urea groups is 1. The standard InChI is InChI=1S/C9H14N4O3S2/c1-6-12-13-9(17-6)11-8(14)10-4-7-2-3-18(15,16)5-7/h7H,2-5H2,1H3,(H2,10,11,13,14)/t7-/m1/s1. The van der Waals surface area contributed by atoms with Crippen molar-refractivity contribution < 1.29 is 13.2 Å². The summed E-state index contributed by atoms with van der Waals surface area (Å²) >= 11 is 1.28. The van der Waals surface area contributed by atoms with Crippen molar-refractivity contribution in [1.29, 1.82) is 0 Å². The summed E-state index contributed by atoms with van der Waals surface area (Å²) in [5, 5.41) is 13.9. The fourth-order valence-corrected chi connectivity index (χ4v) is 4.21. The number of hydrogen-bond donors (Lipinski definition) is 2. The van der Waals surface area contributed by atoms with E-state index >= 15 is 0 Å². The Morgan fingerprint density at radius 1 is 1.50 bits per heavy atom. The summed E-state index contributed by atoms with van der Waals surface area (Å²) in [6, 6.07) is -0.379. The Labute approximate surface area is 109 Å². The van der Waals surface area contributed by atoms with Gasteiger partial charge in [0, 0.05) is 6.54 Å². The van der Waals surface area contributed by atoms with Crippen LogP contribution in [0.15, 0.2) is 0 Å². The van der Waals surface area contributed by atoms with Crippen molar-refractivity contribution in [3.05, 3.63) is 5.01 Å². The van der Waals surface area contributed by atoms with Crippen molar-refractivity contribution in [1.82, 2.24) is 15.5 Å². The van der Waals surface area contributed by atoms with Crippen LogP contribution in [0.4, 0.5) is 9.93 Å². The zero-order chi connectivity index (χ0) is 13.2. The van der Waals surface area contributed by atoms with E-state index in [1.165, 1.54) is 11.3 Å². The SMILES string of the molecule is Cc1nnc(NC(=O)NC[C@H]2CCS(=O)(=O)C2)s1. The van der Waals surface area contributed by atoms with Crippen molar-refractivity contribution >= 4 is 32.3 Å². The van der Waals surface area contributed by atoms with Crippen LogP contribution in [0.5, 0.6) is 0 Å². The van der Waals surface area contributed by atoms with Gasteiger partial charge < -0.3 is 5.32 Å². The van der Waals surface area contributed by atoms with Crippen molar-refractivity contribution in [3.63, 3.8) is 0 Å². The van der Waals surface area contributed by atoms with Crippen molar-refractivity contribution in [2.24, 2.45) is 5.92 Å². The molecule has 0 unspecified atom stereocenters. The molecule has 1 aromatic heterocycles. The summed E-state index contributed by atoms with van der Waals surface area (Å²) in [7, 11) is -2.89. The van der Waals surface area contributed by atoms with Crippen LogP contribution in [-0.2, 0) is 9.84 Å². The third kappa shape index (κ3) is 3.64. The lowest BCUT2D eigenvalue weighted by Gasteiger charge is -2.09. The predicted molar refractivity (Wildman–Crippen MR) is 68.4 cm³/mol. The molecule has 0 aromatic carbocycles. The maximum absolute atomic E-state index is 11.5. The average Bonchev–Trinajstić information content (AvgIpc) is 2.82. The van der Waals surface area contributed by atoms with E-state index in [0.717, 1.165) is 5.01 Å². The molecule has 0 spiro atoms. The fourth-order valence-electron chi connectivity index (χ4n) is 1.76. The Morgan fingerprint density at radius 2 is 2.28 bits per heavy atom. The molecule has 1 saturated heterocycles. The zero-order valence-electron chi connectivity index (χ0n) is 9.84. The highest BCUT2D eigenvalue weighted by atomic mass is 32.2. The van der Waals surface area contributed by atoms with Gasteiger partial charge in [0.05, 0.1) is 11.5 Å². The summed E-state index contributed by atoms with van der Waals surface area (Å²) in [4.78, 5) is 11.5. The Balaban J connectivity index is 1.76. The number of aryl methyl sites for hydroxylation is 1. The monoisotopic (exact) mass is 290 g/mol. The molecule has 1 aliphatic rings. The highest BCUT2D eigenvalue weighted by molar-refractivity contribution is 7.91. The van der Waals surface area contributed by atoms with Gasteiger partial charge in [0.2, 0.25) is 5.13 Å². The van der Waals surface area contributed by atoms with E-state index < -0.39 is 9.84 Å². The number of nitrogens with zero attached hydrogens (tertiary/aromatic N) is 2. The number of carbonyl (C=O) groups excluding carboxylic acids is 1. The number of carbonyl (C=O) groups is 1. The number of amides is 2. The molecule has 2 rings (SSSR count). The fraction of sp³-hybridized carbons (Fsp3) is 0.667. The van der Waals surface area contributed by atoms with Crippen LogP contribution >= 0.6 is 11.3 Å². The van der Waals surface area contributed by atoms with Gasteiger partial charge in [0.15, 0.2) is 9.84 Å². The highest BCUT2D eigenvalue weighted by Gasteiger charge is 2.27. The molecule has 0 aliphatic carbocycles. The quantitative estimate of drug-likeness (QED) is 0.839. The van der Waals surface area contributed by atoms with E-state index in [9.17, 15) is 13.2 Å². The second-order valence-electron chi connectivity index (χ2n) is 4.23. The Hall–Kier alpha value is -1.22. The van der Waals surface area contributed by atoms with Gasteiger partial charge in [0.1, 0.15) is 5.01 Å². The number of sulfone groups is 1. The number of rotatable bonds is 3. The molecule has 18 heavy (non-hydrogen) atoms. The molecule has 0 bridgehead atoms. The summed E-state index contributed by atoms with van der Waals surface area (Å²) in [5.74, 6) is 0.388. The lowest BCUT2D eigenvalue weighted by atomic mass is 10.1. The molecule has 2 N–H and O–H groups in total. The van der Waals surface area contributed by atoms with E-state index in [0.29, 0.717) is 18.1 Å². The molecule has 2 amide bonds. The van der Waals surface area contributed by atoms with Crippen LogP contribution in [0.25, 0.3) is 0 Å². The first-order valence-corrected chi connectivity index (χ1v) is 8.14. The van der Waals surface area contributed by atoms with Gasteiger partial charge in [-0.3, -0.25) is 5.32 Å². The van der Waals surface area contributed by atoms with Crippen LogP contribution in [0.2, 0.25) is 0 Å². The Morgan fingerprint density at radius 3 is 2.83 bits per heavy atom. The average molecular weight is 290 g/mol. The van der Waals surface area contributed by atoms with Crippen molar-refractivity contribution in [2.45, 2.75) is 13.3 Å². The van der Waals surface area contributed by atoms with Gasteiger partial charge >= 0.3 is 6.03 Å². The summed E-state index contributed by atoms with van der Waals surface area (Å²) in [6.45, 7) is 2.16. The molecule has 1 aliphatic heterocycles. The first kappa shape index (κ1) is 13.2. The highest BCUT2D eigenvalue weighted by Crippen LogP contribution is 2.17. The Bertz CT molecular complexity index is 540. The molecule has 0 saturated carbocycles. The van der Waals surface area contributed by atoms with Crippen LogP contribution in [0.3, 0.4) is 0 Å². The lowest BCUT2D eigenvalue weighted by Crippen LogP contribution is -2.33. The topological polar surface area (TPSA) is 101 Å². The molecule has 7 nitrogen and oxygen atoms in total. The Kier molecular flexibility index (Phi) is 3.81. The molecule has 1 fully saturated rings. The largest absolute Gasteiger partial charge is 0.337 e. The molecular formula is C9H14N4O3S2.